The first-order valence-electron chi connectivity index (χ1n) is 6.89. The molecule has 0 radical (unpaired) electrons. The highest BCUT2D eigenvalue weighted by Crippen LogP contribution is 2.36. The molecule has 0 aliphatic heterocycles. The summed E-state index contributed by atoms with van der Waals surface area (Å²) in [5.74, 6) is -0.825. The summed E-state index contributed by atoms with van der Waals surface area (Å²) >= 11 is 11.6. The largest absolute Gasteiger partial charge is 0.505 e. The van der Waals surface area contributed by atoms with Crippen LogP contribution in [0.4, 0.5) is 30.6 Å². The molecule has 0 saturated carbocycles. The number of halogens is 5. The summed E-state index contributed by atoms with van der Waals surface area (Å²) in [4.78, 5) is 7.31. The summed E-state index contributed by atoms with van der Waals surface area (Å²) in [7, 11) is 0. The number of nitrogens with zero attached hydrogens (tertiary/aromatic N) is 2. The van der Waals surface area contributed by atoms with Crippen molar-refractivity contribution in [3.63, 3.8) is 0 Å². The zero-order valence-corrected chi connectivity index (χ0v) is 14.2. The van der Waals surface area contributed by atoms with Gasteiger partial charge in [-0.2, -0.15) is 18.2 Å². The number of aromatic nitrogens is 2. The number of anilines is 3. The molecule has 1 heterocycles. The minimum atomic E-state index is -4.69. The average molecular weight is 397 g/mol. The number of aliphatic hydroxyl groups excluding tert-OH is 1. The lowest BCUT2D eigenvalue weighted by Gasteiger charge is -2.15. The predicted octanol–water partition coefficient (Wildman–Crippen LogP) is 4.04. The number of rotatable bonds is 5. The van der Waals surface area contributed by atoms with Crippen LogP contribution in [0.25, 0.3) is 0 Å². The van der Waals surface area contributed by atoms with Crippen LogP contribution in [0.3, 0.4) is 0 Å². The van der Waals surface area contributed by atoms with Gasteiger partial charge in [0.25, 0.3) is 0 Å². The van der Waals surface area contributed by atoms with Gasteiger partial charge in [-0.15, -0.1) is 0 Å². The number of nitrogens with one attached hydrogen (secondary N) is 2. The quantitative estimate of drug-likeness (QED) is 0.570. The Balaban J connectivity index is 2.40. The first-order chi connectivity index (χ1) is 11.6. The highest BCUT2D eigenvalue weighted by atomic mass is 35.5. The third kappa shape index (κ3) is 5.00. The summed E-state index contributed by atoms with van der Waals surface area (Å²) in [6, 6.07) is 2.72. The second kappa shape index (κ2) is 7.51. The molecule has 0 amide bonds. The van der Waals surface area contributed by atoms with Gasteiger partial charge < -0.3 is 20.8 Å². The minimum Gasteiger partial charge on any atom is -0.505 e. The van der Waals surface area contributed by atoms with E-state index in [9.17, 15) is 18.3 Å². The van der Waals surface area contributed by atoms with Gasteiger partial charge in [0, 0.05) is 17.8 Å². The zero-order valence-electron chi connectivity index (χ0n) is 12.7. The molecule has 0 aliphatic rings. The SMILES string of the molecule is C[C@H](CO)Nc1nc(Nc2cc(Cl)c(O)c(Cl)c2)cc(C(F)(F)F)n1. The van der Waals surface area contributed by atoms with Crippen molar-refractivity contribution in [2.24, 2.45) is 0 Å². The van der Waals surface area contributed by atoms with Gasteiger partial charge in [0.05, 0.1) is 16.7 Å². The summed E-state index contributed by atoms with van der Waals surface area (Å²) in [5.41, 5.74) is -0.950. The normalized spacial score (nSPS) is 12.8. The molecule has 0 unspecified atom stereocenters. The van der Waals surface area contributed by atoms with E-state index in [-0.39, 0.29) is 39.9 Å². The van der Waals surface area contributed by atoms with Gasteiger partial charge in [0.15, 0.2) is 11.4 Å². The van der Waals surface area contributed by atoms with E-state index in [0.717, 1.165) is 0 Å². The fourth-order valence-electron chi connectivity index (χ4n) is 1.77. The van der Waals surface area contributed by atoms with E-state index in [1.165, 1.54) is 12.1 Å². The molecule has 0 spiro atoms. The summed E-state index contributed by atoms with van der Waals surface area (Å²) in [6.07, 6.45) is -4.69. The number of hydrogen-bond donors (Lipinski definition) is 4. The molecule has 2 rings (SSSR count). The fraction of sp³-hybridized carbons (Fsp3) is 0.286. The predicted molar refractivity (Wildman–Crippen MR) is 88.6 cm³/mol. The van der Waals surface area contributed by atoms with Crippen LogP contribution in [0.2, 0.25) is 10.0 Å². The Hall–Kier alpha value is -1.97. The Morgan fingerprint density at radius 1 is 1.16 bits per heavy atom. The first kappa shape index (κ1) is 19.4. The maximum absolute atomic E-state index is 13.0. The van der Waals surface area contributed by atoms with Crippen LogP contribution < -0.4 is 10.6 Å². The number of hydrogen-bond acceptors (Lipinski definition) is 6. The van der Waals surface area contributed by atoms with Crippen molar-refractivity contribution in [1.82, 2.24) is 9.97 Å². The van der Waals surface area contributed by atoms with Gasteiger partial charge in [-0.05, 0) is 19.1 Å². The fourth-order valence-corrected chi connectivity index (χ4v) is 2.26. The Bertz CT molecular complexity index is 751. The Kier molecular flexibility index (Phi) is 5.81. The first-order valence-corrected chi connectivity index (χ1v) is 7.64. The van der Waals surface area contributed by atoms with Crippen molar-refractivity contribution in [3.8, 4) is 5.75 Å². The molecule has 0 bridgehead atoms. The minimum absolute atomic E-state index is 0.0765. The van der Waals surface area contributed by atoms with Crippen LogP contribution in [-0.4, -0.2) is 32.8 Å². The molecule has 1 aromatic heterocycles. The number of alkyl halides is 3. The summed E-state index contributed by atoms with van der Waals surface area (Å²) < 4.78 is 39.0. The van der Waals surface area contributed by atoms with E-state index in [4.69, 9.17) is 28.3 Å². The maximum Gasteiger partial charge on any atom is 0.433 e. The van der Waals surface area contributed by atoms with Gasteiger partial charge in [0.2, 0.25) is 5.95 Å². The molecular weight excluding hydrogens is 384 g/mol. The molecule has 0 saturated heterocycles. The second-order valence-electron chi connectivity index (χ2n) is 5.10. The summed E-state index contributed by atoms with van der Waals surface area (Å²) in [6.45, 7) is 1.24. The molecule has 25 heavy (non-hydrogen) atoms. The Morgan fingerprint density at radius 3 is 2.28 bits per heavy atom. The monoisotopic (exact) mass is 396 g/mol. The molecule has 0 fully saturated rings. The van der Waals surface area contributed by atoms with Gasteiger partial charge in [-0.25, -0.2) is 4.98 Å². The highest BCUT2D eigenvalue weighted by molar-refractivity contribution is 6.37. The van der Waals surface area contributed by atoms with Crippen LogP contribution >= 0.6 is 23.2 Å². The molecule has 6 nitrogen and oxygen atoms in total. The van der Waals surface area contributed by atoms with Crippen molar-refractivity contribution >= 4 is 40.7 Å². The molecule has 1 aromatic carbocycles. The topological polar surface area (TPSA) is 90.3 Å². The lowest BCUT2D eigenvalue weighted by atomic mass is 10.3. The molecule has 136 valence electrons. The average Bonchev–Trinajstić information content (AvgIpc) is 2.51. The van der Waals surface area contributed by atoms with Crippen molar-refractivity contribution in [1.29, 1.82) is 0 Å². The van der Waals surface area contributed by atoms with Crippen LogP contribution in [-0.2, 0) is 6.18 Å². The number of phenols is 1. The van der Waals surface area contributed by atoms with Crippen molar-refractivity contribution < 1.29 is 23.4 Å². The van der Waals surface area contributed by atoms with Crippen molar-refractivity contribution in [2.75, 3.05) is 17.2 Å². The van der Waals surface area contributed by atoms with E-state index in [1.807, 2.05) is 0 Å². The lowest BCUT2D eigenvalue weighted by Crippen LogP contribution is -2.22. The Morgan fingerprint density at radius 2 is 1.76 bits per heavy atom. The van der Waals surface area contributed by atoms with Gasteiger partial charge in [0.1, 0.15) is 5.82 Å². The lowest BCUT2D eigenvalue weighted by molar-refractivity contribution is -0.141. The molecule has 4 N–H and O–H groups in total. The third-order valence-corrected chi connectivity index (χ3v) is 3.53. The maximum atomic E-state index is 13.0. The highest BCUT2D eigenvalue weighted by Gasteiger charge is 2.34. The molecule has 2 aromatic rings. The standard InChI is InChI=1S/C14H13Cl2F3N4O2/c1-6(5-24)20-13-22-10(14(17,18)19)4-11(23-13)21-7-2-8(15)12(25)9(16)3-7/h2-4,6,24-25H,5H2,1H3,(H2,20,21,22,23)/t6-/m1/s1. The molecular formula is C14H13Cl2F3N4O2. The van der Waals surface area contributed by atoms with E-state index in [1.54, 1.807) is 6.92 Å². The number of phenolic OH excluding ortho intramolecular Hbond substituents is 1. The summed E-state index contributed by atoms with van der Waals surface area (Å²) in [5, 5.41) is 23.6. The van der Waals surface area contributed by atoms with Crippen molar-refractivity contribution in [3.05, 3.63) is 33.9 Å². The van der Waals surface area contributed by atoms with E-state index >= 15 is 0 Å². The second-order valence-corrected chi connectivity index (χ2v) is 5.92. The van der Waals surface area contributed by atoms with E-state index in [0.29, 0.717) is 6.07 Å². The van der Waals surface area contributed by atoms with Crippen LogP contribution in [0.5, 0.6) is 5.75 Å². The van der Waals surface area contributed by atoms with Gasteiger partial charge in [-0.1, -0.05) is 23.2 Å². The van der Waals surface area contributed by atoms with Crippen LogP contribution in [0.15, 0.2) is 18.2 Å². The third-order valence-electron chi connectivity index (χ3n) is 2.96. The number of aliphatic hydroxyl groups is 1. The van der Waals surface area contributed by atoms with Gasteiger partial charge >= 0.3 is 6.18 Å². The van der Waals surface area contributed by atoms with Gasteiger partial charge in [-0.3, -0.25) is 0 Å². The smallest absolute Gasteiger partial charge is 0.433 e. The molecule has 1 atom stereocenters. The van der Waals surface area contributed by atoms with Crippen LogP contribution in [0.1, 0.15) is 12.6 Å². The van der Waals surface area contributed by atoms with Crippen LogP contribution in [0, 0.1) is 0 Å². The van der Waals surface area contributed by atoms with Crippen molar-refractivity contribution in [2.45, 2.75) is 19.1 Å². The molecule has 11 heteroatoms. The number of aromatic hydroxyl groups is 1. The number of benzene rings is 1. The molecule has 0 aliphatic carbocycles. The van der Waals surface area contributed by atoms with E-state index < -0.39 is 17.9 Å². The Labute approximate surface area is 150 Å². The van der Waals surface area contributed by atoms with E-state index in [2.05, 4.69) is 20.6 Å². The zero-order chi connectivity index (χ0) is 18.8.